The fourth-order valence-corrected chi connectivity index (χ4v) is 2.60. The van der Waals surface area contributed by atoms with Gasteiger partial charge in [0.05, 0.1) is 5.56 Å². The SMILES string of the molecule is Nc1cc(Br)cc(C(=O)OCCN2CCCC2)c1. The average Bonchev–Trinajstić information content (AvgIpc) is 2.80. The summed E-state index contributed by atoms with van der Waals surface area (Å²) in [4.78, 5) is 14.1. The molecule has 0 aromatic heterocycles. The van der Waals surface area contributed by atoms with Gasteiger partial charge in [0.25, 0.3) is 0 Å². The van der Waals surface area contributed by atoms with Crippen molar-refractivity contribution in [3.63, 3.8) is 0 Å². The fourth-order valence-electron chi connectivity index (χ4n) is 2.09. The first-order chi connectivity index (χ1) is 8.65. The van der Waals surface area contributed by atoms with E-state index in [4.69, 9.17) is 10.5 Å². The molecule has 18 heavy (non-hydrogen) atoms. The molecular formula is C13H17BrN2O2. The van der Waals surface area contributed by atoms with Crippen LogP contribution in [0.15, 0.2) is 22.7 Å². The molecule has 2 rings (SSSR count). The highest BCUT2D eigenvalue weighted by molar-refractivity contribution is 9.10. The van der Waals surface area contributed by atoms with Crippen molar-refractivity contribution >= 4 is 27.6 Å². The normalized spacial score (nSPS) is 15.8. The van der Waals surface area contributed by atoms with Crippen molar-refractivity contribution in [3.05, 3.63) is 28.2 Å². The van der Waals surface area contributed by atoms with E-state index in [0.29, 0.717) is 17.9 Å². The van der Waals surface area contributed by atoms with Crippen LogP contribution in [0.3, 0.4) is 0 Å². The highest BCUT2D eigenvalue weighted by Gasteiger charge is 2.13. The summed E-state index contributed by atoms with van der Waals surface area (Å²) in [5.74, 6) is -0.317. The molecule has 0 saturated carbocycles. The van der Waals surface area contributed by atoms with Gasteiger partial charge in [-0.15, -0.1) is 0 Å². The molecule has 0 amide bonds. The molecule has 1 saturated heterocycles. The predicted molar refractivity (Wildman–Crippen MR) is 74.5 cm³/mol. The van der Waals surface area contributed by atoms with Gasteiger partial charge in [0, 0.05) is 16.7 Å². The number of nitrogens with two attached hydrogens (primary N) is 1. The first-order valence-electron chi connectivity index (χ1n) is 6.11. The lowest BCUT2D eigenvalue weighted by Crippen LogP contribution is -2.25. The molecule has 1 aromatic carbocycles. The van der Waals surface area contributed by atoms with Gasteiger partial charge in [-0.1, -0.05) is 15.9 Å². The van der Waals surface area contributed by atoms with Crippen molar-refractivity contribution in [1.82, 2.24) is 4.90 Å². The summed E-state index contributed by atoms with van der Waals surface area (Å²) in [6, 6.07) is 5.10. The summed E-state index contributed by atoms with van der Waals surface area (Å²) in [6.45, 7) is 3.48. The standard InChI is InChI=1S/C13H17BrN2O2/c14-11-7-10(8-12(15)9-11)13(17)18-6-5-16-3-1-2-4-16/h7-9H,1-6,15H2. The summed E-state index contributed by atoms with van der Waals surface area (Å²) in [5, 5.41) is 0. The molecule has 2 N–H and O–H groups in total. The lowest BCUT2D eigenvalue weighted by molar-refractivity contribution is 0.0472. The van der Waals surface area contributed by atoms with Crippen LogP contribution in [0.5, 0.6) is 0 Å². The van der Waals surface area contributed by atoms with Gasteiger partial charge in [-0.25, -0.2) is 4.79 Å². The van der Waals surface area contributed by atoms with Crippen LogP contribution in [0.2, 0.25) is 0 Å². The number of nitrogen functional groups attached to an aromatic ring is 1. The van der Waals surface area contributed by atoms with Gasteiger partial charge >= 0.3 is 5.97 Å². The van der Waals surface area contributed by atoms with Gasteiger partial charge in [0.2, 0.25) is 0 Å². The number of likely N-dealkylation sites (tertiary alicyclic amines) is 1. The maximum absolute atomic E-state index is 11.8. The van der Waals surface area contributed by atoms with Crippen molar-refractivity contribution in [2.75, 3.05) is 32.0 Å². The van der Waals surface area contributed by atoms with Crippen LogP contribution in [0.1, 0.15) is 23.2 Å². The van der Waals surface area contributed by atoms with E-state index in [9.17, 15) is 4.79 Å². The van der Waals surface area contributed by atoms with E-state index in [1.807, 2.05) is 0 Å². The molecule has 98 valence electrons. The number of carbonyl (C=O) groups is 1. The van der Waals surface area contributed by atoms with Crippen molar-refractivity contribution < 1.29 is 9.53 Å². The molecule has 0 radical (unpaired) electrons. The van der Waals surface area contributed by atoms with Crippen LogP contribution in [-0.2, 0) is 4.74 Å². The molecule has 1 fully saturated rings. The van der Waals surface area contributed by atoms with Crippen molar-refractivity contribution in [2.24, 2.45) is 0 Å². The smallest absolute Gasteiger partial charge is 0.338 e. The van der Waals surface area contributed by atoms with E-state index >= 15 is 0 Å². The Morgan fingerprint density at radius 1 is 1.33 bits per heavy atom. The van der Waals surface area contributed by atoms with Crippen molar-refractivity contribution in [3.8, 4) is 0 Å². The summed E-state index contributed by atoms with van der Waals surface area (Å²) < 4.78 is 6.03. The van der Waals surface area contributed by atoms with Crippen LogP contribution < -0.4 is 5.73 Å². The number of halogens is 1. The third-order valence-electron chi connectivity index (χ3n) is 3.00. The number of anilines is 1. The molecular weight excluding hydrogens is 296 g/mol. The van der Waals surface area contributed by atoms with Crippen LogP contribution in [0.4, 0.5) is 5.69 Å². The lowest BCUT2D eigenvalue weighted by Gasteiger charge is -2.14. The zero-order chi connectivity index (χ0) is 13.0. The lowest BCUT2D eigenvalue weighted by atomic mass is 10.2. The molecule has 0 atom stereocenters. The minimum atomic E-state index is -0.317. The zero-order valence-corrected chi connectivity index (χ0v) is 11.8. The molecule has 0 spiro atoms. The Kier molecular flexibility index (Phi) is 4.60. The largest absolute Gasteiger partial charge is 0.461 e. The Morgan fingerprint density at radius 3 is 2.72 bits per heavy atom. The Hall–Kier alpha value is -1.07. The number of hydrogen-bond donors (Lipinski definition) is 1. The number of carbonyl (C=O) groups excluding carboxylic acids is 1. The van der Waals surface area contributed by atoms with Gasteiger partial charge < -0.3 is 10.5 Å². The molecule has 1 aliphatic heterocycles. The van der Waals surface area contributed by atoms with E-state index in [1.54, 1.807) is 18.2 Å². The average molecular weight is 313 g/mol. The Bertz CT molecular complexity index is 411. The maximum atomic E-state index is 11.8. The number of hydrogen-bond acceptors (Lipinski definition) is 4. The van der Waals surface area contributed by atoms with E-state index in [2.05, 4.69) is 20.8 Å². The summed E-state index contributed by atoms with van der Waals surface area (Å²) in [6.07, 6.45) is 2.49. The first-order valence-corrected chi connectivity index (χ1v) is 6.90. The zero-order valence-electron chi connectivity index (χ0n) is 10.2. The molecule has 0 unspecified atom stereocenters. The second kappa shape index (κ2) is 6.20. The van der Waals surface area contributed by atoms with E-state index in [-0.39, 0.29) is 5.97 Å². The number of benzene rings is 1. The molecule has 4 nitrogen and oxygen atoms in total. The Labute approximate surface area is 115 Å². The monoisotopic (exact) mass is 312 g/mol. The molecule has 0 bridgehead atoms. The predicted octanol–water partition coefficient (Wildman–Crippen LogP) is 2.28. The molecule has 5 heteroatoms. The van der Waals surface area contributed by atoms with Crippen LogP contribution in [0, 0.1) is 0 Å². The minimum absolute atomic E-state index is 0.317. The number of ether oxygens (including phenoxy) is 1. The Morgan fingerprint density at radius 2 is 2.06 bits per heavy atom. The van der Waals surface area contributed by atoms with E-state index < -0.39 is 0 Å². The number of nitrogens with zero attached hydrogens (tertiary/aromatic N) is 1. The van der Waals surface area contributed by atoms with E-state index in [1.165, 1.54) is 12.8 Å². The number of rotatable bonds is 4. The molecule has 1 aliphatic rings. The van der Waals surface area contributed by atoms with Gasteiger partial charge in [-0.2, -0.15) is 0 Å². The summed E-state index contributed by atoms with van der Waals surface area (Å²) >= 11 is 3.31. The highest BCUT2D eigenvalue weighted by atomic mass is 79.9. The van der Waals surface area contributed by atoms with Crippen LogP contribution in [0.25, 0.3) is 0 Å². The van der Waals surface area contributed by atoms with Crippen molar-refractivity contribution in [2.45, 2.75) is 12.8 Å². The minimum Gasteiger partial charge on any atom is -0.461 e. The van der Waals surface area contributed by atoms with Gasteiger partial charge in [-0.05, 0) is 44.1 Å². The first kappa shape index (κ1) is 13.4. The summed E-state index contributed by atoms with van der Waals surface area (Å²) in [7, 11) is 0. The van der Waals surface area contributed by atoms with Gasteiger partial charge in [-0.3, -0.25) is 4.90 Å². The third-order valence-corrected chi connectivity index (χ3v) is 3.45. The molecule has 1 aromatic rings. The second-order valence-electron chi connectivity index (χ2n) is 4.46. The Balaban J connectivity index is 1.83. The van der Waals surface area contributed by atoms with Gasteiger partial charge in [0.15, 0.2) is 0 Å². The topological polar surface area (TPSA) is 55.6 Å². The van der Waals surface area contributed by atoms with Crippen LogP contribution in [-0.4, -0.2) is 37.1 Å². The quantitative estimate of drug-likeness (QED) is 0.684. The van der Waals surface area contributed by atoms with E-state index in [0.717, 1.165) is 24.1 Å². The number of esters is 1. The third kappa shape index (κ3) is 3.71. The summed E-state index contributed by atoms with van der Waals surface area (Å²) in [5.41, 5.74) is 6.72. The fraction of sp³-hybridized carbons (Fsp3) is 0.462. The van der Waals surface area contributed by atoms with Gasteiger partial charge in [0.1, 0.15) is 6.61 Å². The van der Waals surface area contributed by atoms with Crippen LogP contribution >= 0.6 is 15.9 Å². The molecule has 0 aliphatic carbocycles. The highest BCUT2D eigenvalue weighted by Crippen LogP contribution is 2.18. The van der Waals surface area contributed by atoms with Crippen molar-refractivity contribution in [1.29, 1.82) is 0 Å². The second-order valence-corrected chi connectivity index (χ2v) is 5.37. The maximum Gasteiger partial charge on any atom is 0.338 e. The molecule has 1 heterocycles.